The van der Waals surface area contributed by atoms with E-state index < -0.39 is 47.9 Å². The molecule has 0 bridgehead atoms. The standard InChI is InChI=1S/C36H54N4O5/c1-6-8-11-20-31(41)34(43)30(24-28-18-14-10-15-19-28)38-36(45)33(26(3)7-2)39-35(44)29(23-27-16-12-9-13-17-27)25-32(42)40(5)22-21-37-4/h1-2,9,12-13,16-17,26,28-31,33-34,37,41,43H,8,10-11,14-15,18-25H2,3-5H3,(H,38,45)(H,39,44)/t26?,29?,30?,31?,33-,34+/m0/s1. The maximum absolute atomic E-state index is 13.8. The SMILES string of the molecule is C#CCCCC(O)[C@H](O)C(CC1CCCCC1)NC(=O)[C@@H](NC(=O)C(CC(=O)N(C)CCNC)Cc1ccccc1)C(C)C#C. The molecule has 3 amide bonds. The van der Waals surface area contributed by atoms with Crippen LogP contribution in [0.4, 0.5) is 0 Å². The number of terminal acetylenes is 2. The van der Waals surface area contributed by atoms with Crippen molar-refractivity contribution in [3.05, 3.63) is 35.9 Å². The molecule has 5 N–H and O–H groups in total. The number of hydrogen-bond acceptors (Lipinski definition) is 6. The first-order valence-corrected chi connectivity index (χ1v) is 16.4. The molecule has 0 spiro atoms. The molecule has 45 heavy (non-hydrogen) atoms. The summed E-state index contributed by atoms with van der Waals surface area (Å²) < 4.78 is 0. The summed E-state index contributed by atoms with van der Waals surface area (Å²) in [6.45, 7) is 2.79. The number of benzene rings is 1. The normalized spacial score (nSPS) is 17.4. The van der Waals surface area contributed by atoms with E-state index in [0.29, 0.717) is 51.1 Å². The van der Waals surface area contributed by atoms with E-state index in [0.717, 1.165) is 37.7 Å². The van der Waals surface area contributed by atoms with Crippen LogP contribution in [-0.4, -0.2) is 84.3 Å². The Balaban J connectivity index is 2.26. The van der Waals surface area contributed by atoms with Gasteiger partial charge in [-0.3, -0.25) is 14.4 Å². The van der Waals surface area contributed by atoms with Gasteiger partial charge >= 0.3 is 0 Å². The topological polar surface area (TPSA) is 131 Å². The quantitative estimate of drug-likeness (QED) is 0.119. The molecule has 1 aliphatic carbocycles. The van der Waals surface area contributed by atoms with E-state index in [1.807, 2.05) is 30.3 Å². The monoisotopic (exact) mass is 622 g/mol. The molecule has 1 saturated carbocycles. The number of likely N-dealkylation sites (N-methyl/N-ethyl adjacent to an activating group) is 2. The van der Waals surface area contributed by atoms with Crippen LogP contribution in [0.25, 0.3) is 0 Å². The molecular formula is C36H54N4O5. The molecule has 2 rings (SSSR count). The van der Waals surface area contributed by atoms with Gasteiger partial charge in [-0.2, -0.15) is 0 Å². The first-order chi connectivity index (χ1) is 21.6. The third kappa shape index (κ3) is 13.3. The van der Waals surface area contributed by atoms with Crippen molar-refractivity contribution in [3.8, 4) is 24.7 Å². The number of unbranched alkanes of at least 4 members (excludes halogenated alkanes) is 1. The summed E-state index contributed by atoms with van der Waals surface area (Å²) in [6, 6.07) is 7.60. The zero-order chi connectivity index (χ0) is 33.2. The van der Waals surface area contributed by atoms with Gasteiger partial charge in [0.1, 0.15) is 6.04 Å². The molecule has 6 atom stereocenters. The average molecular weight is 623 g/mol. The van der Waals surface area contributed by atoms with Crippen LogP contribution in [0, 0.1) is 42.4 Å². The summed E-state index contributed by atoms with van der Waals surface area (Å²) in [5, 5.41) is 30.8. The van der Waals surface area contributed by atoms with E-state index in [-0.39, 0.29) is 12.3 Å². The van der Waals surface area contributed by atoms with Crippen molar-refractivity contribution >= 4 is 17.7 Å². The highest BCUT2D eigenvalue weighted by Gasteiger charge is 2.35. The van der Waals surface area contributed by atoms with Gasteiger partial charge in [0.2, 0.25) is 17.7 Å². The second-order valence-electron chi connectivity index (χ2n) is 12.5. The fourth-order valence-corrected chi connectivity index (χ4v) is 5.90. The average Bonchev–Trinajstić information content (AvgIpc) is 3.05. The van der Waals surface area contributed by atoms with Crippen molar-refractivity contribution in [1.29, 1.82) is 0 Å². The van der Waals surface area contributed by atoms with E-state index in [9.17, 15) is 24.6 Å². The largest absolute Gasteiger partial charge is 0.390 e. The molecule has 0 aliphatic heterocycles. The van der Waals surface area contributed by atoms with Crippen LogP contribution in [-0.2, 0) is 20.8 Å². The molecule has 1 aromatic rings. The molecule has 0 radical (unpaired) electrons. The number of carbonyl (C=O) groups is 3. The van der Waals surface area contributed by atoms with Gasteiger partial charge in [-0.15, -0.1) is 24.7 Å². The Labute approximate surface area is 270 Å². The molecule has 1 aliphatic rings. The second kappa shape index (κ2) is 20.6. The maximum Gasteiger partial charge on any atom is 0.244 e. The lowest BCUT2D eigenvalue weighted by Gasteiger charge is -2.34. The predicted octanol–water partition coefficient (Wildman–Crippen LogP) is 2.65. The van der Waals surface area contributed by atoms with Crippen molar-refractivity contribution in [2.75, 3.05) is 27.2 Å². The highest BCUT2D eigenvalue weighted by atomic mass is 16.3. The number of nitrogens with one attached hydrogen (secondary N) is 3. The fourth-order valence-electron chi connectivity index (χ4n) is 5.90. The molecule has 0 saturated heterocycles. The van der Waals surface area contributed by atoms with Gasteiger partial charge in [-0.25, -0.2) is 0 Å². The lowest BCUT2D eigenvalue weighted by molar-refractivity contribution is -0.137. The first-order valence-electron chi connectivity index (χ1n) is 16.4. The first kappa shape index (κ1) is 37.8. The highest BCUT2D eigenvalue weighted by Crippen LogP contribution is 2.29. The van der Waals surface area contributed by atoms with Crippen molar-refractivity contribution < 1.29 is 24.6 Å². The molecule has 0 aromatic heterocycles. The number of rotatable bonds is 19. The van der Waals surface area contributed by atoms with Gasteiger partial charge in [0, 0.05) is 38.9 Å². The number of aliphatic hydroxyl groups is 2. The van der Waals surface area contributed by atoms with E-state index in [4.69, 9.17) is 12.8 Å². The Morgan fingerprint density at radius 3 is 2.36 bits per heavy atom. The molecule has 9 heteroatoms. The molecule has 1 aromatic carbocycles. The van der Waals surface area contributed by atoms with Crippen LogP contribution in [0.3, 0.4) is 0 Å². The molecule has 1 fully saturated rings. The van der Waals surface area contributed by atoms with Crippen molar-refractivity contribution in [3.63, 3.8) is 0 Å². The number of carbonyl (C=O) groups excluding carboxylic acids is 3. The third-order valence-electron chi connectivity index (χ3n) is 8.85. The predicted molar refractivity (Wildman–Crippen MR) is 178 cm³/mol. The van der Waals surface area contributed by atoms with E-state index in [1.54, 1.807) is 25.9 Å². The Morgan fingerprint density at radius 1 is 1.04 bits per heavy atom. The Morgan fingerprint density at radius 2 is 1.73 bits per heavy atom. The molecular weight excluding hydrogens is 568 g/mol. The van der Waals surface area contributed by atoms with Gasteiger partial charge in [0.05, 0.1) is 24.2 Å². The maximum atomic E-state index is 13.8. The minimum atomic E-state index is -1.21. The Bertz CT molecular complexity index is 1120. The summed E-state index contributed by atoms with van der Waals surface area (Å²) >= 11 is 0. The molecule has 4 unspecified atom stereocenters. The van der Waals surface area contributed by atoms with Crippen LogP contribution < -0.4 is 16.0 Å². The van der Waals surface area contributed by atoms with Crippen molar-refractivity contribution in [2.45, 2.75) is 102 Å². The van der Waals surface area contributed by atoms with E-state index in [1.165, 1.54) is 0 Å². The van der Waals surface area contributed by atoms with Crippen LogP contribution in [0.15, 0.2) is 30.3 Å². The van der Waals surface area contributed by atoms with Gasteiger partial charge < -0.3 is 31.1 Å². The van der Waals surface area contributed by atoms with E-state index in [2.05, 4.69) is 27.8 Å². The van der Waals surface area contributed by atoms with Crippen LogP contribution in [0.5, 0.6) is 0 Å². The zero-order valence-corrected chi connectivity index (χ0v) is 27.3. The lowest BCUT2D eigenvalue weighted by Crippen LogP contribution is -2.57. The summed E-state index contributed by atoms with van der Waals surface area (Å²) in [4.78, 5) is 42.3. The van der Waals surface area contributed by atoms with Gasteiger partial charge in [0.25, 0.3) is 0 Å². The fraction of sp³-hybridized carbons (Fsp3) is 0.639. The summed E-state index contributed by atoms with van der Waals surface area (Å²) in [5.74, 6) is 2.86. The summed E-state index contributed by atoms with van der Waals surface area (Å²) in [6.07, 6.45) is 16.3. The molecule has 9 nitrogen and oxygen atoms in total. The summed E-state index contributed by atoms with van der Waals surface area (Å²) in [5.41, 5.74) is 0.892. The number of nitrogens with zero attached hydrogens (tertiary/aromatic N) is 1. The Hall–Kier alpha value is -3.37. The smallest absolute Gasteiger partial charge is 0.244 e. The number of hydrogen-bond donors (Lipinski definition) is 5. The van der Waals surface area contributed by atoms with Crippen molar-refractivity contribution in [2.24, 2.45) is 17.8 Å². The lowest BCUT2D eigenvalue weighted by atomic mass is 9.82. The van der Waals surface area contributed by atoms with Gasteiger partial charge in [-0.05, 0) is 51.1 Å². The highest BCUT2D eigenvalue weighted by molar-refractivity contribution is 5.91. The molecule has 0 heterocycles. The minimum Gasteiger partial charge on any atom is -0.390 e. The second-order valence-corrected chi connectivity index (χ2v) is 12.5. The molecule has 248 valence electrons. The number of amides is 3. The van der Waals surface area contributed by atoms with Crippen LogP contribution in [0.1, 0.15) is 76.7 Å². The minimum absolute atomic E-state index is 0.0351. The van der Waals surface area contributed by atoms with E-state index >= 15 is 0 Å². The summed E-state index contributed by atoms with van der Waals surface area (Å²) in [7, 11) is 3.51. The number of aliphatic hydroxyl groups excluding tert-OH is 2. The Kier molecular flexibility index (Phi) is 17.3. The third-order valence-corrected chi connectivity index (χ3v) is 8.85. The van der Waals surface area contributed by atoms with Crippen LogP contribution >= 0.6 is 0 Å². The van der Waals surface area contributed by atoms with Crippen molar-refractivity contribution in [1.82, 2.24) is 20.9 Å². The van der Waals surface area contributed by atoms with Gasteiger partial charge in [-0.1, -0.05) is 62.4 Å². The zero-order valence-electron chi connectivity index (χ0n) is 27.3. The van der Waals surface area contributed by atoms with Crippen LogP contribution in [0.2, 0.25) is 0 Å². The van der Waals surface area contributed by atoms with Gasteiger partial charge in [0.15, 0.2) is 0 Å².